The van der Waals surface area contributed by atoms with Crippen LogP contribution in [0.5, 0.6) is 0 Å². The molecule has 1 rings (SSSR count). The number of nitrogens with one attached hydrogen (secondary N) is 1. The molecule has 1 heterocycles. The molecule has 102 valence electrons. The van der Waals surface area contributed by atoms with Gasteiger partial charge in [-0.05, 0) is 33.4 Å². The second-order valence-corrected chi connectivity index (χ2v) is 5.74. The molecule has 1 aromatic rings. The molecule has 0 saturated heterocycles. The average molecular weight is 271 g/mol. The van der Waals surface area contributed by atoms with Gasteiger partial charge in [-0.1, -0.05) is 25.4 Å². The van der Waals surface area contributed by atoms with Gasteiger partial charge >= 0.3 is 0 Å². The molecule has 0 aliphatic heterocycles. The Morgan fingerprint density at radius 2 is 2.00 bits per heavy atom. The number of aryl methyl sites for hydroxylation is 1. The Morgan fingerprint density at radius 3 is 2.50 bits per heavy atom. The first-order chi connectivity index (χ1) is 8.36. The van der Waals surface area contributed by atoms with E-state index in [4.69, 9.17) is 11.6 Å². The van der Waals surface area contributed by atoms with E-state index in [1.54, 1.807) is 6.07 Å². The van der Waals surface area contributed by atoms with Gasteiger partial charge in [0.05, 0.1) is 0 Å². The average Bonchev–Trinajstić information content (AvgIpc) is 2.12. The number of hydrogen-bond donors (Lipinski definition) is 1. The molecule has 1 aromatic heterocycles. The fourth-order valence-electron chi connectivity index (χ4n) is 2.00. The summed E-state index contributed by atoms with van der Waals surface area (Å²) in [6, 6.07) is 2.14. The number of rotatable bonds is 6. The molecular weight excluding hydrogens is 248 g/mol. The lowest BCUT2D eigenvalue weighted by Crippen LogP contribution is -2.33. The van der Waals surface area contributed by atoms with Gasteiger partial charge in [-0.25, -0.2) is 9.97 Å². The van der Waals surface area contributed by atoms with E-state index in [-0.39, 0.29) is 0 Å². The van der Waals surface area contributed by atoms with Gasteiger partial charge in [0, 0.05) is 18.7 Å². The fourth-order valence-corrected chi connectivity index (χ4v) is 2.23. The van der Waals surface area contributed by atoms with E-state index < -0.39 is 0 Å². The van der Waals surface area contributed by atoms with Crippen molar-refractivity contribution in [2.45, 2.75) is 33.2 Å². The molecule has 0 aromatic carbocycles. The van der Waals surface area contributed by atoms with Crippen LogP contribution >= 0.6 is 11.6 Å². The zero-order chi connectivity index (χ0) is 13.7. The lowest BCUT2D eigenvalue weighted by atomic mass is 10.0. The summed E-state index contributed by atoms with van der Waals surface area (Å²) in [6.45, 7) is 7.27. The molecule has 0 fully saturated rings. The minimum Gasteiger partial charge on any atom is -0.366 e. The number of likely N-dealkylation sites (N-methyl/N-ethyl adjacent to an activating group) is 1. The molecule has 4 nitrogen and oxygen atoms in total. The number of aromatic nitrogens is 2. The molecule has 1 N–H and O–H groups in total. The molecule has 1 atom stereocenters. The maximum absolute atomic E-state index is 5.94. The van der Waals surface area contributed by atoms with Crippen molar-refractivity contribution in [1.29, 1.82) is 0 Å². The highest BCUT2D eigenvalue weighted by Gasteiger charge is 2.13. The van der Waals surface area contributed by atoms with E-state index in [0.29, 0.717) is 22.9 Å². The second-order valence-electron chi connectivity index (χ2n) is 5.36. The third kappa shape index (κ3) is 5.65. The predicted molar refractivity (Wildman–Crippen MR) is 77.2 cm³/mol. The largest absolute Gasteiger partial charge is 0.366 e. The minimum absolute atomic E-state index is 0.366. The van der Waals surface area contributed by atoms with Gasteiger partial charge in [-0.2, -0.15) is 0 Å². The van der Waals surface area contributed by atoms with Crippen molar-refractivity contribution in [2.75, 3.05) is 26.0 Å². The third-order valence-corrected chi connectivity index (χ3v) is 2.69. The molecule has 0 amide bonds. The first-order valence-electron chi connectivity index (χ1n) is 6.29. The van der Waals surface area contributed by atoms with Crippen LogP contribution in [0.15, 0.2) is 6.07 Å². The molecule has 0 bridgehead atoms. The van der Waals surface area contributed by atoms with E-state index in [9.17, 15) is 0 Å². The lowest BCUT2D eigenvalue weighted by molar-refractivity contribution is 0.356. The minimum atomic E-state index is 0.366. The summed E-state index contributed by atoms with van der Waals surface area (Å²) in [7, 11) is 4.15. The number of hydrogen-bond acceptors (Lipinski definition) is 4. The highest BCUT2D eigenvalue weighted by Crippen LogP contribution is 2.15. The Kier molecular flexibility index (Phi) is 5.82. The smallest absolute Gasteiger partial charge is 0.134 e. The summed E-state index contributed by atoms with van der Waals surface area (Å²) >= 11 is 5.94. The first-order valence-corrected chi connectivity index (χ1v) is 6.67. The Morgan fingerprint density at radius 1 is 1.33 bits per heavy atom. The Hall–Kier alpha value is -0.870. The molecule has 1 unspecified atom stereocenters. The first kappa shape index (κ1) is 15.2. The molecule has 0 spiro atoms. The van der Waals surface area contributed by atoms with Crippen molar-refractivity contribution >= 4 is 17.4 Å². The zero-order valence-corrected chi connectivity index (χ0v) is 12.6. The highest BCUT2D eigenvalue weighted by molar-refractivity contribution is 6.29. The van der Waals surface area contributed by atoms with Crippen molar-refractivity contribution < 1.29 is 0 Å². The zero-order valence-electron chi connectivity index (χ0n) is 11.9. The molecule has 0 aliphatic carbocycles. The molecule has 0 aliphatic rings. The van der Waals surface area contributed by atoms with Crippen LogP contribution in [0.1, 0.15) is 26.1 Å². The maximum atomic E-state index is 5.94. The Labute approximate surface area is 115 Å². The van der Waals surface area contributed by atoms with Crippen molar-refractivity contribution in [3.8, 4) is 0 Å². The summed E-state index contributed by atoms with van der Waals surface area (Å²) in [6.07, 6.45) is 1.10. The highest BCUT2D eigenvalue weighted by atomic mass is 35.5. The lowest BCUT2D eigenvalue weighted by Gasteiger charge is -2.24. The quantitative estimate of drug-likeness (QED) is 0.807. The van der Waals surface area contributed by atoms with Gasteiger partial charge in [0.2, 0.25) is 0 Å². The van der Waals surface area contributed by atoms with Crippen molar-refractivity contribution in [3.05, 3.63) is 17.0 Å². The van der Waals surface area contributed by atoms with Crippen LogP contribution in [-0.2, 0) is 0 Å². The van der Waals surface area contributed by atoms with Gasteiger partial charge in [0.1, 0.15) is 16.8 Å². The van der Waals surface area contributed by atoms with Crippen LogP contribution < -0.4 is 5.32 Å². The molecule has 0 saturated carbocycles. The van der Waals surface area contributed by atoms with Gasteiger partial charge in [0.25, 0.3) is 0 Å². The number of nitrogens with zero attached hydrogens (tertiary/aromatic N) is 3. The number of halogens is 1. The SMILES string of the molecule is Cc1nc(Cl)cc(NC(CC(C)C)CN(C)C)n1. The molecule has 18 heavy (non-hydrogen) atoms. The van der Waals surface area contributed by atoms with Crippen LogP contribution in [0.25, 0.3) is 0 Å². The second kappa shape index (κ2) is 6.90. The summed E-state index contributed by atoms with van der Waals surface area (Å²) in [5.41, 5.74) is 0. The van der Waals surface area contributed by atoms with E-state index in [0.717, 1.165) is 18.8 Å². The summed E-state index contributed by atoms with van der Waals surface area (Å²) in [4.78, 5) is 10.6. The topological polar surface area (TPSA) is 41.1 Å². The van der Waals surface area contributed by atoms with E-state index in [2.05, 4.69) is 48.1 Å². The normalized spacial score (nSPS) is 13.1. The number of anilines is 1. The van der Waals surface area contributed by atoms with Crippen LogP contribution in [0.3, 0.4) is 0 Å². The summed E-state index contributed by atoms with van der Waals surface area (Å²) in [5, 5.41) is 3.93. The fraction of sp³-hybridized carbons (Fsp3) is 0.692. The van der Waals surface area contributed by atoms with Gasteiger partial charge < -0.3 is 10.2 Å². The molecule has 5 heteroatoms. The Balaban J connectivity index is 2.74. The summed E-state index contributed by atoms with van der Waals surface area (Å²) in [5.74, 6) is 2.14. The standard InChI is InChI=1S/C13H23ClN4/c1-9(2)6-11(8-18(4)5)17-13-7-12(14)15-10(3)16-13/h7,9,11H,6,8H2,1-5H3,(H,15,16,17). The predicted octanol–water partition coefficient (Wildman–Crippen LogP) is 2.83. The van der Waals surface area contributed by atoms with E-state index >= 15 is 0 Å². The van der Waals surface area contributed by atoms with Gasteiger partial charge in [-0.3, -0.25) is 0 Å². The van der Waals surface area contributed by atoms with Crippen LogP contribution in [-0.4, -0.2) is 41.5 Å². The summed E-state index contributed by atoms with van der Waals surface area (Å²) < 4.78 is 0. The monoisotopic (exact) mass is 270 g/mol. The van der Waals surface area contributed by atoms with Crippen LogP contribution in [0.4, 0.5) is 5.82 Å². The van der Waals surface area contributed by atoms with Crippen LogP contribution in [0, 0.1) is 12.8 Å². The third-order valence-electron chi connectivity index (χ3n) is 2.50. The molecular formula is C13H23ClN4. The maximum Gasteiger partial charge on any atom is 0.134 e. The Bertz CT molecular complexity index is 349. The van der Waals surface area contributed by atoms with Crippen molar-refractivity contribution in [1.82, 2.24) is 14.9 Å². The van der Waals surface area contributed by atoms with Crippen LogP contribution in [0.2, 0.25) is 5.15 Å². The van der Waals surface area contributed by atoms with E-state index in [1.807, 2.05) is 6.92 Å². The van der Waals surface area contributed by atoms with E-state index in [1.165, 1.54) is 0 Å². The molecule has 0 radical (unpaired) electrons. The van der Waals surface area contributed by atoms with Crippen molar-refractivity contribution in [3.63, 3.8) is 0 Å². The van der Waals surface area contributed by atoms with Crippen molar-refractivity contribution in [2.24, 2.45) is 5.92 Å². The van der Waals surface area contributed by atoms with Gasteiger partial charge in [0.15, 0.2) is 0 Å². The van der Waals surface area contributed by atoms with Gasteiger partial charge in [-0.15, -0.1) is 0 Å².